The van der Waals surface area contributed by atoms with Gasteiger partial charge in [0.05, 0.1) is 18.4 Å². The molecule has 0 saturated heterocycles. The minimum atomic E-state index is 0.447. The highest BCUT2D eigenvalue weighted by Gasteiger charge is 2.19. The van der Waals surface area contributed by atoms with E-state index in [4.69, 9.17) is 0 Å². The zero-order valence-electron chi connectivity index (χ0n) is 8.77. The van der Waals surface area contributed by atoms with Crippen LogP contribution in [-0.4, -0.2) is 23.8 Å². The molecule has 1 aromatic rings. The van der Waals surface area contributed by atoms with E-state index in [2.05, 4.69) is 54.1 Å². The Labute approximate surface area is 85.3 Å². The molecule has 0 N–H and O–H groups in total. The molecule has 74 valence electrons. The quantitative estimate of drug-likeness (QED) is 0.696. The Kier molecular flexibility index (Phi) is 2.53. The lowest BCUT2D eigenvalue weighted by Gasteiger charge is -2.26. The number of hydrogen-bond donors (Lipinski definition) is 0. The van der Waals surface area contributed by atoms with Crippen molar-refractivity contribution in [1.29, 1.82) is 0 Å². The summed E-state index contributed by atoms with van der Waals surface area (Å²) < 4.78 is 0. The molecule has 1 aliphatic rings. The van der Waals surface area contributed by atoms with Gasteiger partial charge >= 0.3 is 0 Å². The second kappa shape index (κ2) is 3.82. The largest absolute Gasteiger partial charge is 0.352 e. The second-order valence-corrected chi connectivity index (χ2v) is 3.71. The molecule has 0 aliphatic carbocycles. The zero-order chi connectivity index (χ0) is 9.97. The first-order chi connectivity index (χ1) is 6.79. The zero-order valence-corrected chi connectivity index (χ0v) is 8.77. The molecule has 0 bridgehead atoms. The maximum Gasteiger partial charge on any atom is 0.0963 e. The fraction of sp³-hybridized carbons (Fsp3) is 0.417. The molecular weight excluding hydrogens is 172 g/mol. The van der Waals surface area contributed by atoms with Crippen LogP contribution in [0.4, 0.5) is 0 Å². The highest BCUT2D eigenvalue weighted by molar-refractivity contribution is 5.81. The Morgan fingerprint density at radius 3 is 2.57 bits per heavy atom. The molecule has 2 heteroatoms. The molecule has 1 aliphatic heterocycles. The molecule has 0 fully saturated rings. The average molecular weight is 188 g/mol. The summed E-state index contributed by atoms with van der Waals surface area (Å²) in [4.78, 5) is 6.76. The van der Waals surface area contributed by atoms with Crippen LogP contribution in [-0.2, 0) is 0 Å². The first kappa shape index (κ1) is 9.25. The van der Waals surface area contributed by atoms with Crippen molar-refractivity contribution < 1.29 is 0 Å². The fourth-order valence-electron chi connectivity index (χ4n) is 1.96. The van der Waals surface area contributed by atoms with Crippen molar-refractivity contribution in [2.24, 2.45) is 4.99 Å². The maximum absolute atomic E-state index is 4.41. The first-order valence-corrected chi connectivity index (χ1v) is 5.11. The lowest BCUT2D eigenvalue weighted by molar-refractivity contribution is 0.365. The van der Waals surface area contributed by atoms with E-state index in [0.29, 0.717) is 6.04 Å². The van der Waals surface area contributed by atoms with Crippen LogP contribution in [0, 0.1) is 0 Å². The molecule has 1 unspecified atom stereocenters. The number of benzene rings is 1. The number of hydrogen-bond acceptors (Lipinski definition) is 2. The van der Waals surface area contributed by atoms with E-state index in [-0.39, 0.29) is 0 Å². The van der Waals surface area contributed by atoms with E-state index in [1.807, 2.05) is 0 Å². The topological polar surface area (TPSA) is 15.6 Å². The predicted octanol–water partition coefficient (Wildman–Crippen LogP) is 2.48. The fourth-order valence-corrected chi connectivity index (χ4v) is 1.96. The number of amidine groups is 1. The lowest BCUT2D eigenvalue weighted by Crippen LogP contribution is -2.28. The standard InChI is InChI=1S/C12H16N2/c1-10(12-6-4-3-5-7-12)14-9-8-13-11(14)2/h3-7,10H,8-9H2,1-2H3. The number of nitrogens with zero attached hydrogens (tertiary/aromatic N) is 2. The van der Waals surface area contributed by atoms with Gasteiger partial charge in [-0.25, -0.2) is 0 Å². The third kappa shape index (κ3) is 1.65. The summed E-state index contributed by atoms with van der Waals surface area (Å²) in [7, 11) is 0. The van der Waals surface area contributed by atoms with Crippen LogP contribution in [0.25, 0.3) is 0 Å². The van der Waals surface area contributed by atoms with Crippen LogP contribution in [0.5, 0.6) is 0 Å². The number of rotatable bonds is 2. The molecule has 0 amide bonds. The van der Waals surface area contributed by atoms with Crippen molar-refractivity contribution in [3.63, 3.8) is 0 Å². The Morgan fingerprint density at radius 1 is 1.29 bits per heavy atom. The van der Waals surface area contributed by atoms with Crippen LogP contribution >= 0.6 is 0 Å². The van der Waals surface area contributed by atoms with Gasteiger partial charge in [-0.2, -0.15) is 0 Å². The van der Waals surface area contributed by atoms with E-state index in [1.165, 1.54) is 11.4 Å². The molecule has 1 aromatic carbocycles. The van der Waals surface area contributed by atoms with Gasteiger partial charge in [0.25, 0.3) is 0 Å². The molecule has 0 saturated carbocycles. The SMILES string of the molecule is CC1=NCCN1C(C)c1ccccc1. The Balaban J connectivity index is 2.16. The minimum absolute atomic E-state index is 0.447. The van der Waals surface area contributed by atoms with Crippen molar-refractivity contribution in [3.8, 4) is 0 Å². The van der Waals surface area contributed by atoms with Crippen molar-refractivity contribution >= 4 is 5.84 Å². The van der Waals surface area contributed by atoms with Crippen molar-refractivity contribution in [3.05, 3.63) is 35.9 Å². The summed E-state index contributed by atoms with van der Waals surface area (Å²) in [6.07, 6.45) is 0. The van der Waals surface area contributed by atoms with Crippen molar-refractivity contribution in [1.82, 2.24) is 4.90 Å². The molecule has 0 spiro atoms. The van der Waals surface area contributed by atoms with E-state index in [0.717, 1.165) is 13.1 Å². The van der Waals surface area contributed by atoms with Crippen LogP contribution in [0.15, 0.2) is 35.3 Å². The molecular formula is C12H16N2. The van der Waals surface area contributed by atoms with Gasteiger partial charge in [0.2, 0.25) is 0 Å². The average Bonchev–Trinajstić information content (AvgIpc) is 2.65. The van der Waals surface area contributed by atoms with E-state index >= 15 is 0 Å². The first-order valence-electron chi connectivity index (χ1n) is 5.11. The van der Waals surface area contributed by atoms with E-state index in [9.17, 15) is 0 Å². The Morgan fingerprint density at radius 2 is 2.00 bits per heavy atom. The normalized spacial score (nSPS) is 18.1. The highest BCUT2D eigenvalue weighted by Crippen LogP contribution is 2.21. The molecule has 0 radical (unpaired) electrons. The van der Waals surface area contributed by atoms with Crippen LogP contribution in [0.2, 0.25) is 0 Å². The second-order valence-electron chi connectivity index (χ2n) is 3.71. The molecule has 1 heterocycles. The summed E-state index contributed by atoms with van der Waals surface area (Å²) >= 11 is 0. The van der Waals surface area contributed by atoms with Gasteiger partial charge in [-0.3, -0.25) is 4.99 Å². The summed E-state index contributed by atoms with van der Waals surface area (Å²) in [5, 5.41) is 0. The molecule has 0 aromatic heterocycles. The molecule has 14 heavy (non-hydrogen) atoms. The minimum Gasteiger partial charge on any atom is -0.352 e. The smallest absolute Gasteiger partial charge is 0.0963 e. The van der Waals surface area contributed by atoms with Gasteiger partial charge in [0.1, 0.15) is 0 Å². The Bertz CT molecular complexity index is 329. The maximum atomic E-state index is 4.41. The van der Waals surface area contributed by atoms with Gasteiger partial charge in [-0.05, 0) is 19.4 Å². The summed E-state index contributed by atoms with van der Waals surface area (Å²) in [5.41, 5.74) is 1.36. The molecule has 1 atom stereocenters. The Hall–Kier alpha value is -1.31. The van der Waals surface area contributed by atoms with Crippen molar-refractivity contribution in [2.75, 3.05) is 13.1 Å². The highest BCUT2D eigenvalue weighted by atomic mass is 15.2. The van der Waals surface area contributed by atoms with E-state index < -0.39 is 0 Å². The van der Waals surface area contributed by atoms with Gasteiger partial charge in [-0.1, -0.05) is 30.3 Å². The number of aliphatic imine (C=N–C) groups is 1. The predicted molar refractivity (Wildman–Crippen MR) is 59.5 cm³/mol. The van der Waals surface area contributed by atoms with Gasteiger partial charge < -0.3 is 4.90 Å². The third-order valence-electron chi connectivity index (χ3n) is 2.85. The van der Waals surface area contributed by atoms with Crippen LogP contribution in [0.3, 0.4) is 0 Å². The van der Waals surface area contributed by atoms with Crippen LogP contribution < -0.4 is 0 Å². The van der Waals surface area contributed by atoms with Gasteiger partial charge in [-0.15, -0.1) is 0 Å². The summed E-state index contributed by atoms with van der Waals surface area (Å²) in [6, 6.07) is 11.0. The molecule has 2 nitrogen and oxygen atoms in total. The van der Waals surface area contributed by atoms with Crippen molar-refractivity contribution in [2.45, 2.75) is 19.9 Å². The van der Waals surface area contributed by atoms with Crippen LogP contribution in [0.1, 0.15) is 25.5 Å². The van der Waals surface area contributed by atoms with Gasteiger partial charge in [0.15, 0.2) is 0 Å². The summed E-state index contributed by atoms with van der Waals surface area (Å²) in [6.45, 7) is 6.33. The monoisotopic (exact) mass is 188 g/mol. The third-order valence-corrected chi connectivity index (χ3v) is 2.85. The summed E-state index contributed by atoms with van der Waals surface area (Å²) in [5.74, 6) is 1.17. The molecule has 2 rings (SSSR count). The van der Waals surface area contributed by atoms with Gasteiger partial charge in [0, 0.05) is 6.54 Å². The van der Waals surface area contributed by atoms with E-state index in [1.54, 1.807) is 0 Å². The lowest BCUT2D eigenvalue weighted by atomic mass is 10.1.